The molecule has 7 aliphatic rings. The fourth-order valence-electron chi connectivity index (χ4n) is 13.9. The molecule has 14 atom stereocenters. The molecule has 0 radical (unpaired) electrons. The summed E-state index contributed by atoms with van der Waals surface area (Å²) in [5.41, 5.74) is -6.91. The molecule has 2 amide bonds. The van der Waals surface area contributed by atoms with Crippen LogP contribution < -0.4 is 4.90 Å². The number of hydrogen-bond donors (Lipinski definition) is 6. The topological polar surface area (TPSA) is 276 Å². The Kier molecular flexibility index (Phi) is 12.0. The van der Waals surface area contributed by atoms with Crippen molar-refractivity contribution in [2.45, 2.75) is 106 Å². The highest BCUT2D eigenvalue weighted by Gasteiger charge is 2.91. The third kappa shape index (κ3) is 6.28. The minimum Gasteiger partial charge on any atom is -0.481 e. The number of piperidine rings is 1. The lowest BCUT2D eigenvalue weighted by atomic mass is 9.42. The van der Waals surface area contributed by atoms with E-state index in [0.717, 1.165) is 11.3 Å². The monoisotopic (exact) mass is 874 g/mol. The van der Waals surface area contributed by atoms with Gasteiger partial charge in [0.25, 0.3) is 0 Å². The Balaban J connectivity index is 0.000000387. The molecule has 6 N–H and O–H groups in total. The van der Waals surface area contributed by atoms with Crippen molar-refractivity contribution in [3.63, 3.8) is 0 Å². The van der Waals surface area contributed by atoms with Crippen LogP contribution in [0, 0.1) is 40.4 Å². The number of ether oxygens (including phenoxy) is 5. The van der Waals surface area contributed by atoms with Crippen molar-refractivity contribution in [1.29, 1.82) is 0 Å². The molecule has 2 saturated heterocycles. The van der Waals surface area contributed by atoms with Gasteiger partial charge in [-0.3, -0.25) is 24.1 Å². The Morgan fingerprint density at radius 2 is 1.60 bits per heavy atom. The predicted octanol–water partition coefficient (Wildman–Crippen LogP) is 0.787. The zero-order valence-electron chi connectivity index (χ0n) is 35.7. The summed E-state index contributed by atoms with van der Waals surface area (Å²) >= 11 is 0. The molecular formula is C43H58N2O17. The number of likely N-dealkylation sites (tertiary alicyclic amines) is 1. The van der Waals surface area contributed by atoms with Gasteiger partial charge in [0.2, 0.25) is 11.8 Å². The zero-order chi connectivity index (χ0) is 45.5. The van der Waals surface area contributed by atoms with Crippen molar-refractivity contribution in [3.05, 3.63) is 29.8 Å². The highest BCUT2D eigenvalue weighted by atomic mass is 16.5. The third-order valence-electron chi connectivity index (χ3n) is 15.8. The van der Waals surface area contributed by atoms with E-state index in [4.69, 9.17) is 44.1 Å². The van der Waals surface area contributed by atoms with Crippen LogP contribution in [0.1, 0.15) is 69.2 Å². The first-order chi connectivity index (χ1) is 29.2. The van der Waals surface area contributed by atoms with Crippen molar-refractivity contribution in [2.75, 3.05) is 53.0 Å². The van der Waals surface area contributed by atoms with E-state index in [-0.39, 0.29) is 84.5 Å². The maximum Gasteiger partial charge on any atom is 0.340 e. The number of likely N-dealkylation sites (N-methyl/N-ethyl adjacent to an activating group) is 1. The second kappa shape index (κ2) is 16.2. The highest BCUT2D eigenvalue weighted by Crippen LogP contribution is 2.80. The van der Waals surface area contributed by atoms with Gasteiger partial charge in [0.1, 0.15) is 11.2 Å². The van der Waals surface area contributed by atoms with E-state index in [0.29, 0.717) is 25.9 Å². The Morgan fingerprint density at radius 3 is 2.13 bits per heavy atom. The van der Waals surface area contributed by atoms with Crippen molar-refractivity contribution < 1.29 is 83.1 Å². The molecule has 5 saturated carbocycles. The fourth-order valence-corrected chi connectivity index (χ4v) is 13.9. The Bertz CT molecular complexity index is 1980. The first-order valence-corrected chi connectivity index (χ1v) is 21.0. The second-order valence-electron chi connectivity index (χ2n) is 18.4. The number of anilines is 1. The zero-order valence-corrected chi connectivity index (χ0v) is 35.7. The van der Waals surface area contributed by atoms with E-state index in [1.807, 2.05) is 0 Å². The van der Waals surface area contributed by atoms with Crippen LogP contribution in [0.2, 0.25) is 0 Å². The summed E-state index contributed by atoms with van der Waals surface area (Å²) in [7, 11) is 6.70. The first kappa shape index (κ1) is 45.9. The Labute approximate surface area is 358 Å². The maximum atomic E-state index is 14.1. The summed E-state index contributed by atoms with van der Waals surface area (Å²) in [6.45, 7) is 4.95. The number of carbonyl (C=O) groups is 6. The summed E-state index contributed by atoms with van der Waals surface area (Å²) in [6, 6.07) is 6.12. The van der Waals surface area contributed by atoms with Gasteiger partial charge in [0, 0.05) is 82.3 Å². The average molecular weight is 875 g/mol. The summed E-state index contributed by atoms with van der Waals surface area (Å²) in [6.07, 6.45) is -1.48. The summed E-state index contributed by atoms with van der Waals surface area (Å²) < 4.78 is 31.4. The van der Waals surface area contributed by atoms with Gasteiger partial charge in [-0.25, -0.2) is 14.5 Å². The first-order valence-electron chi connectivity index (χ1n) is 21.0. The van der Waals surface area contributed by atoms with Crippen LogP contribution >= 0.6 is 0 Å². The van der Waals surface area contributed by atoms with E-state index in [1.165, 1.54) is 0 Å². The summed E-state index contributed by atoms with van der Waals surface area (Å²) in [5, 5.41) is 60.4. The number of benzene rings is 1. The van der Waals surface area contributed by atoms with Crippen LogP contribution in [0.4, 0.5) is 5.69 Å². The van der Waals surface area contributed by atoms with E-state index in [1.54, 1.807) is 59.6 Å². The molecule has 5 aliphatic carbocycles. The summed E-state index contributed by atoms with van der Waals surface area (Å²) in [5.74, 6) is -7.49. The number of para-hydroxylation sites is 1. The average Bonchev–Trinajstić information content (AvgIpc) is 3.75. The number of aliphatic carboxylic acids is 3. The standard InChI is InChI=1S/C37H50N2O10.C6H8O7/c1-7-38-17-34(18-49-32(42)20-10-8-9-11-23(20)39-26(40)14-19(2)31(39)41)13-12-25(46-4)36-22-15-21-24(45-3)16-35(43,27(22)28(21)47-5)37(44,33(36)38)30(48-6)29(34)36;7-3(8)1-6(13,5(11)12)2-4(9)10/h8-11,19,21-22,24-25,27-30,33,43-44H,7,12-18H2,1-6H3;13H,1-2H2,(H,7,8)(H,9,10)(H,11,12)/t19-,21+,22+,24-,25-,27+,28-,29+,30?,33?,34-,35+,36-,37+;/m0./s1. The normalized spacial score (nSPS) is 40.2. The number of fused-ring (bicyclic) bond motifs is 2. The largest absolute Gasteiger partial charge is 0.481 e. The van der Waals surface area contributed by atoms with Gasteiger partial charge in [-0.2, -0.15) is 0 Å². The van der Waals surface area contributed by atoms with Crippen molar-refractivity contribution >= 4 is 41.4 Å². The van der Waals surface area contributed by atoms with E-state index in [9.17, 15) is 39.0 Å². The third-order valence-corrected chi connectivity index (χ3v) is 15.8. The molecule has 2 heterocycles. The highest BCUT2D eigenvalue weighted by molar-refractivity contribution is 6.22. The van der Waals surface area contributed by atoms with E-state index < -0.39 is 82.4 Å². The van der Waals surface area contributed by atoms with Crippen LogP contribution in [0.3, 0.4) is 0 Å². The fraction of sp³-hybridized carbons (Fsp3) is 0.721. The molecule has 7 fully saturated rings. The Hall–Kier alpha value is -4.08. The molecule has 342 valence electrons. The SMILES string of the molecule is CCN1C[C@]2(COC(=O)c3ccccc3N3C(=O)C[C@H](C)C3=O)CC[C@H](OC)[C@]34C1[C@](O)(C(OC)[C@H]23)[C@@]1(O)C[C@H](OC)[C@H]2C[C@@H]4[C@@H]1[C@H]2OC.O=C(O)CC(O)(CC(=O)O)C(=O)O. The van der Waals surface area contributed by atoms with E-state index in [2.05, 4.69) is 11.8 Å². The molecule has 1 aromatic carbocycles. The van der Waals surface area contributed by atoms with Crippen molar-refractivity contribution in [3.8, 4) is 0 Å². The van der Waals surface area contributed by atoms with Crippen LogP contribution in [-0.2, 0) is 47.7 Å². The van der Waals surface area contributed by atoms with Crippen molar-refractivity contribution in [2.24, 2.45) is 40.4 Å². The number of aliphatic hydroxyl groups is 3. The molecule has 62 heavy (non-hydrogen) atoms. The number of carboxylic acids is 3. The van der Waals surface area contributed by atoms with Gasteiger partial charge >= 0.3 is 23.9 Å². The van der Waals surface area contributed by atoms with Crippen LogP contribution in [0.15, 0.2) is 24.3 Å². The number of carboxylic acid groups (broad SMARTS) is 3. The number of rotatable bonds is 14. The molecule has 19 heteroatoms. The van der Waals surface area contributed by atoms with Gasteiger partial charge in [-0.1, -0.05) is 26.0 Å². The number of imide groups is 1. The van der Waals surface area contributed by atoms with Gasteiger partial charge in [-0.05, 0) is 43.9 Å². The molecule has 1 aromatic rings. The molecule has 8 rings (SSSR count). The predicted molar refractivity (Wildman–Crippen MR) is 212 cm³/mol. The van der Waals surface area contributed by atoms with Crippen LogP contribution in [0.25, 0.3) is 0 Å². The molecule has 0 aromatic heterocycles. The van der Waals surface area contributed by atoms with Crippen LogP contribution in [-0.4, -0.2) is 167 Å². The molecule has 2 aliphatic heterocycles. The number of esters is 1. The van der Waals surface area contributed by atoms with Crippen LogP contribution in [0.5, 0.6) is 0 Å². The molecule has 1 spiro atoms. The second-order valence-corrected chi connectivity index (χ2v) is 18.4. The Morgan fingerprint density at radius 1 is 0.935 bits per heavy atom. The molecule has 2 unspecified atom stereocenters. The smallest absolute Gasteiger partial charge is 0.340 e. The lowest BCUT2D eigenvalue weighted by molar-refractivity contribution is -0.320. The minimum atomic E-state index is -2.74. The number of amides is 2. The van der Waals surface area contributed by atoms with Gasteiger partial charge in [0.05, 0.1) is 61.2 Å². The molecule has 19 nitrogen and oxygen atoms in total. The number of carbonyl (C=O) groups excluding carboxylic acids is 3. The lowest BCUT2D eigenvalue weighted by Gasteiger charge is -2.70. The lowest BCUT2D eigenvalue weighted by Crippen LogP contribution is -2.82. The van der Waals surface area contributed by atoms with Crippen molar-refractivity contribution in [1.82, 2.24) is 4.90 Å². The number of hydrogen-bond acceptors (Lipinski definition) is 15. The number of nitrogens with zero attached hydrogens (tertiary/aromatic N) is 2. The quantitative estimate of drug-likeness (QED) is 0.111. The van der Waals surface area contributed by atoms with Gasteiger partial charge < -0.3 is 54.3 Å². The summed E-state index contributed by atoms with van der Waals surface area (Å²) in [4.78, 5) is 73.8. The minimum absolute atomic E-state index is 0.0358. The van der Waals surface area contributed by atoms with Gasteiger partial charge in [0.15, 0.2) is 5.60 Å². The van der Waals surface area contributed by atoms with E-state index >= 15 is 0 Å². The maximum absolute atomic E-state index is 14.1. The molecule has 7 bridgehead atoms. The molecular weight excluding hydrogens is 816 g/mol. The van der Waals surface area contributed by atoms with Gasteiger partial charge in [-0.15, -0.1) is 0 Å². The number of methoxy groups -OCH3 is 4.